The van der Waals surface area contributed by atoms with E-state index in [9.17, 15) is 0 Å². The quantitative estimate of drug-likeness (QED) is 0.559. The summed E-state index contributed by atoms with van der Waals surface area (Å²) in [6.45, 7) is 4.08. The van der Waals surface area contributed by atoms with Crippen LogP contribution < -0.4 is 5.73 Å². The molecule has 1 aromatic carbocycles. The van der Waals surface area contributed by atoms with Gasteiger partial charge in [-0.05, 0) is 43.7 Å². The molecule has 5 heteroatoms. The molecule has 0 aliphatic rings. The number of nitrogen functional groups attached to an aromatic ring is 1. The molecule has 0 unspecified atom stereocenters. The third-order valence-corrected chi connectivity index (χ3v) is 4.98. The molecule has 0 aliphatic carbocycles. The summed E-state index contributed by atoms with van der Waals surface area (Å²) in [5.41, 5.74) is 11.9. The van der Waals surface area contributed by atoms with Crippen LogP contribution in [-0.4, -0.2) is 14.4 Å². The SMILES string of the molecule is Cc1nc(C)c(-c2ccn3c(-c4cccc(N)c4)cnc3c2)s1. The fourth-order valence-electron chi connectivity index (χ4n) is 2.83. The lowest BCUT2D eigenvalue weighted by Crippen LogP contribution is -1.90. The Kier molecular flexibility index (Phi) is 3.16. The van der Waals surface area contributed by atoms with Crippen LogP contribution in [0.5, 0.6) is 0 Å². The van der Waals surface area contributed by atoms with Crippen molar-refractivity contribution in [3.8, 4) is 21.7 Å². The molecule has 0 atom stereocenters. The average Bonchev–Trinajstić information content (AvgIpc) is 3.09. The lowest BCUT2D eigenvalue weighted by atomic mass is 10.1. The van der Waals surface area contributed by atoms with Gasteiger partial charge in [-0.25, -0.2) is 9.97 Å². The first kappa shape index (κ1) is 14.0. The van der Waals surface area contributed by atoms with Crippen LogP contribution in [0, 0.1) is 13.8 Å². The van der Waals surface area contributed by atoms with Crippen molar-refractivity contribution in [3.05, 3.63) is 59.5 Å². The van der Waals surface area contributed by atoms with Crippen molar-refractivity contribution in [2.24, 2.45) is 0 Å². The number of anilines is 1. The van der Waals surface area contributed by atoms with Crippen LogP contribution in [0.15, 0.2) is 48.8 Å². The molecule has 0 bridgehead atoms. The van der Waals surface area contributed by atoms with Gasteiger partial charge in [-0.15, -0.1) is 11.3 Å². The summed E-state index contributed by atoms with van der Waals surface area (Å²) >= 11 is 1.72. The monoisotopic (exact) mass is 320 g/mol. The number of imidazole rings is 1. The topological polar surface area (TPSA) is 56.2 Å². The van der Waals surface area contributed by atoms with E-state index in [4.69, 9.17) is 5.73 Å². The van der Waals surface area contributed by atoms with Gasteiger partial charge >= 0.3 is 0 Å². The minimum atomic E-state index is 0.754. The van der Waals surface area contributed by atoms with Gasteiger partial charge in [-0.1, -0.05) is 12.1 Å². The van der Waals surface area contributed by atoms with Gasteiger partial charge in [0, 0.05) is 17.4 Å². The predicted octanol–water partition coefficient (Wildman–Crippen LogP) is 4.32. The van der Waals surface area contributed by atoms with E-state index < -0.39 is 0 Å². The summed E-state index contributed by atoms with van der Waals surface area (Å²) in [6, 6.07) is 12.1. The van der Waals surface area contributed by atoms with Gasteiger partial charge in [0.2, 0.25) is 0 Å². The number of thiazole rings is 1. The summed E-state index contributed by atoms with van der Waals surface area (Å²) in [5.74, 6) is 0. The molecule has 0 saturated heterocycles. The number of rotatable bonds is 2. The highest BCUT2D eigenvalue weighted by Crippen LogP contribution is 2.31. The normalized spacial score (nSPS) is 11.2. The fraction of sp³-hybridized carbons (Fsp3) is 0.111. The van der Waals surface area contributed by atoms with Crippen molar-refractivity contribution in [3.63, 3.8) is 0 Å². The molecule has 3 heterocycles. The Morgan fingerprint density at radius 3 is 2.70 bits per heavy atom. The Labute approximate surface area is 138 Å². The molecule has 0 radical (unpaired) electrons. The average molecular weight is 320 g/mol. The van der Waals surface area contributed by atoms with E-state index in [1.165, 1.54) is 4.88 Å². The van der Waals surface area contributed by atoms with E-state index in [-0.39, 0.29) is 0 Å². The fourth-order valence-corrected chi connectivity index (χ4v) is 3.75. The molecule has 0 saturated carbocycles. The second kappa shape index (κ2) is 5.21. The number of hydrogen-bond donors (Lipinski definition) is 1. The minimum Gasteiger partial charge on any atom is -0.399 e. The van der Waals surface area contributed by atoms with E-state index in [1.807, 2.05) is 44.3 Å². The van der Waals surface area contributed by atoms with Gasteiger partial charge in [0.15, 0.2) is 0 Å². The van der Waals surface area contributed by atoms with Crippen LogP contribution in [0.1, 0.15) is 10.7 Å². The third-order valence-electron chi connectivity index (χ3n) is 3.86. The molecule has 3 aromatic heterocycles. The standard InChI is InChI=1S/C18H16N4S/c1-11-18(23-12(2)21-11)14-6-7-22-16(10-20-17(22)9-14)13-4-3-5-15(19)8-13/h3-10H,19H2,1-2H3. The molecule has 23 heavy (non-hydrogen) atoms. The van der Waals surface area contributed by atoms with Gasteiger partial charge in [0.25, 0.3) is 0 Å². The molecule has 4 aromatic rings. The summed E-state index contributed by atoms with van der Waals surface area (Å²) in [7, 11) is 0. The Morgan fingerprint density at radius 1 is 1.09 bits per heavy atom. The summed E-state index contributed by atoms with van der Waals surface area (Å²) in [5, 5.41) is 1.08. The predicted molar refractivity (Wildman–Crippen MR) is 95.6 cm³/mol. The van der Waals surface area contributed by atoms with Gasteiger partial charge in [0.05, 0.1) is 27.5 Å². The minimum absolute atomic E-state index is 0.754. The number of fused-ring (bicyclic) bond motifs is 1. The van der Waals surface area contributed by atoms with E-state index in [0.29, 0.717) is 0 Å². The number of nitrogens with zero attached hydrogens (tertiary/aromatic N) is 3. The number of nitrogens with two attached hydrogens (primary N) is 1. The highest BCUT2D eigenvalue weighted by molar-refractivity contribution is 7.15. The van der Waals surface area contributed by atoms with E-state index in [2.05, 4.69) is 32.7 Å². The molecular formula is C18H16N4S. The zero-order chi connectivity index (χ0) is 16.0. The second-order valence-electron chi connectivity index (χ2n) is 5.56. The maximum atomic E-state index is 5.89. The molecule has 114 valence electrons. The molecule has 0 aliphatic heterocycles. The van der Waals surface area contributed by atoms with Crippen LogP contribution in [0.25, 0.3) is 27.3 Å². The Bertz CT molecular complexity index is 1010. The van der Waals surface area contributed by atoms with Crippen LogP contribution in [-0.2, 0) is 0 Å². The maximum Gasteiger partial charge on any atom is 0.137 e. The molecule has 0 fully saturated rings. The lowest BCUT2D eigenvalue weighted by Gasteiger charge is -2.05. The molecular weight excluding hydrogens is 304 g/mol. The van der Waals surface area contributed by atoms with Crippen LogP contribution in [0.3, 0.4) is 0 Å². The number of pyridine rings is 1. The second-order valence-corrected chi connectivity index (χ2v) is 6.76. The van der Waals surface area contributed by atoms with Crippen LogP contribution >= 0.6 is 11.3 Å². The van der Waals surface area contributed by atoms with Crippen LogP contribution in [0.4, 0.5) is 5.69 Å². The Hall–Kier alpha value is -2.66. The zero-order valence-corrected chi connectivity index (χ0v) is 13.8. The van der Waals surface area contributed by atoms with E-state index in [1.54, 1.807) is 11.3 Å². The van der Waals surface area contributed by atoms with Crippen molar-refractivity contribution in [1.29, 1.82) is 0 Å². The number of aryl methyl sites for hydroxylation is 2. The van der Waals surface area contributed by atoms with E-state index >= 15 is 0 Å². The highest BCUT2D eigenvalue weighted by atomic mass is 32.1. The van der Waals surface area contributed by atoms with Gasteiger partial charge in [-0.3, -0.25) is 4.40 Å². The zero-order valence-electron chi connectivity index (χ0n) is 12.9. The summed E-state index contributed by atoms with van der Waals surface area (Å²) in [6.07, 6.45) is 3.95. The van der Waals surface area contributed by atoms with Gasteiger partial charge < -0.3 is 5.73 Å². The Morgan fingerprint density at radius 2 is 1.96 bits per heavy atom. The van der Waals surface area contributed by atoms with Crippen molar-refractivity contribution in [1.82, 2.24) is 14.4 Å². The van der Waals surface area contributed by atoms with Crippen molar-refractivity contribution in [2.45, 2.75) is 13.8 Å². The molecule has 4 rings (SSSR count). The maximum absolute atomic E-state index is 5.89. The highest BCUT2D eigenvalue weighted by Gasteiger charge is 2.11. The number of aromatic nitrogens is 3. The van der Waals surface area contributed by atoms with Gasteiger partial charge in [-0.2, -0.15) is 0 Å². The van der Waals surface area contributed by atoms with E-state index in [0.717, 1.165) is 38.9 Å². The van der Waals surface area contributed by atoms with Crippen molar-refractivity contribution in [2.75, 3.05) is 5.73 Å². The van der Waals surface area contributed by atoms with Crippen LogP contribution in [0.2, 0.25) is 0 Å². The van der Waals surface area contributed by atoms with Crippen molar-refractivity contribution >= 4 is 22.7 Å². The molecule has 2 N–H and O–H groups in total. The number of benzene rings is 1. The number of hydrogen-bond acceptors (Lipinski definition) is 4. The lowest BCUT2D eigenvalue weighted by molar-refractivity contribution is 1.18. The Balaban J connectivity index is 1.85. The van der Waals surface area contributed by atoms with Crippen molar-refractivity contribution < 1.29 is 0 Å². The largest absolute Gasteiger partial charge is 0.399 e. The molecule has 4 nitrogen and oxygen atoms in total. The first-order valence-electron chi connectivity index (χ1n) is 7.39. The third kappa shape index (κ3) is 2.39. The first-order chi connectivity index (χ1) is 11.1. The summed E-state index contributed by atoms with van der Waals surface area (Å²) < 4.78 is 2.08. The summed E-state index contributed by atoms with van der Waals surface area (Å²) in [4.78, 5) is 10.3. The molecule has 0 amide bonds. The molecule has 0 spiro atoms. The smallest absolute Gasteiger partial charge is 0.137 e. The van der Waals surface area contributed by atoms with Gasteiger partial charge in [0.1, 0.15) is 5.65 Å². The first-order valence-corrected chi connectivity index (χ1v) is 8.21.